The number of hydrogen-bond donors (Lipinski definition) is 0. The van der Waals surface area contributed by atoms with Crippen molar-refractivity contribution in [3.05, 3.63) is 10.6 Å². The lowest BCUT2D eigenvalue weighted by molar-refractivity contribution is -0.0583. The van der Waals surface area contributed by atoms with Crippen molar-refractivity contribution < 1.29 is 13.2 Å². The molecule has 0 spiro atoms. The van der Waals surface area contributed by atoms with E-state index in [1.54, 1.807) is 0 Å². The van der Waals surface area contributed by atoms with Gasteiger partial charge in [0.2, 0.25) is 0 Å². The lowest BCUT2D eigenvalue weighted by Gasteiger charge is -2.10. The second-order valence-electron chi connectivity index (χ2n) is 2.86. The smallest absolute Gasteiger partial charge is 0.280 e. The maximum atomic E-state index is 12.3. The van der Waals surface area contributed by atoms with E-state index in [0.717, 1.165) is 0 Å². The van der Waals surface area contributed by atoms with Gasteiger partial charge in [-0.05, 0) is 25.3 Å². The van der Waals surface area contributed by atoms with Crippen LogP contribution in [0, 0.1) is 0 Å². The first-order chi connectivity index (χ1) is 5.93. The fraction of sp³-hybridized carbons (Fsp3) is 0.625. The molecule has 0 fully saturated rings. The van der Waals surface area contributed by atoms with E-state index in [9.17, 15) is 13.2 Å². The Labute approximate surface area is 79.3 Å². The normalized spacial score (nSPS) is 19.9. The fourth-order valence-corrected chi connectivity index (χ4v) is 1.39. The molecule has 0 aliphatic carbocycles. The van der Waals surface area contributed by atoms with Crippen molar-refractivity contribution in [2.24, 2.45) is 4.99 Å². The van der Waals surface area contributed by atoms with Crippen LogP contribution in [0.1, 0.15) is 19.8 Å². The summed E-state index contributed by atoms with van der Waals surface area (Å²) >= 11 is 5.67. The molecule has 0 atom stereocenters. The van der Waals surface area contributed by atoms with Gasteiger partial charge in [0, 0.05) is 11.6 Å². The average molecular weight is 212 g/mol. The summed E-state index contributed by atoms with van der Waals surface area (Å²) in [7, 11) is 0. The minimum absolute atomic E-state index is 0.0617. The molecule has 0 aromatic carbocycles. The van der Waals surface area contributed by atoms with E-state index in [2.05, 4.69) is 4.99 Å². The molecule has 1 aliphatic heterocycles. The van der Waals surface area contributed by atoms with Gasteiger partial charge in [-0.3, -0.25) is 4.99 Å². The Kier molecular flexibility index (Phi) is 3.01. The van der Waals surface area contributed by atoms with Gasteiger partial charge in [-0.25, -0.2) is 0 Å². The van der Waals surface area contributed by atoms with Crippen LogP contribution in [0.15, 0.2) is 15.6 Å². The molecule has 1 heterocycles. The molecular formula is C8H9ClF3N. The van der Waals surface area contributed by atoms with E-state index in [0.29, 0.717) is 12.8 Å². The maximum Gasteiger partial charge on any atom is 0.433 e. The number of hydrogen-bond acceptors (Lipinski definition) is 1. The lowest BCUT2D eigenvalue weighted by Crippen LogP contribution is -2.24. The monoisotopic (exact) mass is 211 g/mol. The van der Waals surface area contributed by atoms with Crippen LogP contribution >= 0.6 is 11.6 Å². The second kappa shape index (κ2) is 3.70. The number of halogens is 4. The van der Waals surface area contributed by atoms with Gasteiger partial charge in [0.15, 0.2) is 0 Å². The van der Waals surface area contributed by atoms with Gasteiger partial charge in [-0.15, -0.1) is 0 Å². The summed E-state index contributed by atoms with van der Waals surface area (Å²) in [5.74, 6) is 0. The van der Waals surface area contributed by atoms with Gasteiger partial charge in [0.25, 0.3) is 0 Å². The van der Waals surface area contributed by atoms with Crippen LogP contribution < -0.4 is 0 Å². The Bertz CT molecular complexity index is 265. The summed E-state index contributed by atoms with van der Waals surface area (Å²) in [5, 5.41) is 0.272. The van der Waals surface area contributed by atoms with Crippen LogP contribution in [-0.2, 0) is 0 Å². The molecule has 0 unspecified atom stereocenters. The first-order valence-electron chi connectivity index (χ1n) is 3.90. The van der Waals surface area contributed by atoms with Crippen molar-refractivity contribution in [2.45, 2.75) is 25.9 Å². The largest absolute Gasteiger partial charge is 0.433 e. The molecule has 1 aliphatic rings. The van der Waals surface area contributed by atoms with E-state index < -0.39 is 11.9 Å². The van der Waals surface area contributed by atoms with E-state index in [1.165, 1.54) is 6.92 Å². The highest BCUT2D eigenvalue weighted by Crippen LogP contribution is 2.28. The quantitative estimate of drug-likeness (QED) is 0.583. The van der Waals surface area contributed by atoms with Crippen molar-refractivity contribution in [3.8, 4) is 0 Å². The second-order valence-corrected chi connectivity index (χ2v) is 3.32. The number of alkyl halides is 3. The third-order valence-electron chi connectivity index (χ3n) is 1.85. The van der Waals surface area contributed by atoms with Crippen molar-refractivity contribution in [1.82, 2.24) is 0 Å². The molecule has 0 bridgehead atoms. The predicted molar refractivity (Wildman–Crippen MR) is 46.1 cm³/mol. The summed E-state index contributed by atoms with van der Waals surface area (Å²) in [4.78, 5) is 3.48. The van der Waals surface area contributed by atoms with E-state index >= 15 is 0 Å². The van der Waals surface area contributed by atoms with Gasteiger partial charge in [-0.2, -0.15) is 13.2 Å². The molecule has 0 aromatic heterocycles. The standard InChI is InChI=1S/C8H9ClF3N/c1-5-6(9)3-2-4-13-7(5)8(10,11)12/h2-4H2,1H3. The third kappa shape index (κ3) is 2.46. The van der Waals surface area contributed by atoms with Crippen LogP contribution in [0.25, 0.3) is 0 Å². The lowest BCUT2D eigenvalue weighted by atomic mass is 10.1. The number of allylic oxidation sites excluding steroid dienone is 2. The van der Waals surface area contributed by atoms with Crippen molar-refractivity contribution in [2.75, 3.05) is 6.54 Å². The highest BCUT2D eigenvalue weighted by Gasteiger charge is 2.37. The molecule has 1 nitrogen and oxygen atoms in total. The number of nitrogens with zero attached hydrogens (tertiary/aromatic N) is 1. The fourth-order valence-electron chi connectivity index (χ4n) is 1.16. The zero-order valence-electron chi connectivity index (χ0n) is 7.08. The van der Waals surface area contributed by atoms with Crippen LogP contribution in [-0.4, -0.2) is 18.4 Å². The SMILES string of the molecule is CC1=C(Cl)CCCN=C1C(F)(F)F. The Morgan fingerprint density at radius 1 is 1.38 bits per heavy atom. The molecule has 0 aromatic rings. The van der Waals surface area contributed by atoms with Gasteiger partial charge < -0.3 is 0 Å². The Balaban J connectivity index is 3.05. The first-order valence-corrected chi connectivity index (χ1v) is 4.28. The highest BCUT2D eigenvalue weighted by atomic mass is 35.5. The molecule has 0 saturated carbocycles. The van der Waals surface area contributed by atoms with E-state index in [-0.39, 0.29) is 17.2 Å². The Hall–Kier alpha value is -0.510. The van der Waals surface area contributed by atoms with Crippen molar-refractivity contribution in [3.63, 3.8) is 0 Å². The highest BCUT2D eigenvalue weighted by molar-refractivity contribution is 6.32. The van der Waals surface area contributed by atoms with Crippen molar-refractivity contribution >= 4 is 17.3 Å². The minimum atomic E-state index is -4.38. The number of aliphatic imine (C=N–C) groups is 1. The average Bonchev–Trinajstić information content (AvgIpc) is 2.14. The van der Waals surface area contributed by atoms with Gasteiger partial charge >= 0.3 is 6.18 Å². The van der Waals surface area contributed by atoms with E-state index in [4.69, 9.17) is 11.6 Å². The topological polar surface area (TPSA) is 12.4 Å². The molecule has 0 amide bonds. The zero-order valence-corrected chi connectivity index (χ0v) is 7.84. The molecule has 1 rings (SSSR count). The molecular weight excluding hydrogens is 203 g/mol. The van der Waals surface area contributed by atoms with Gasteiger partial charge in [0.1, 0.15) is 5.71 Å². The molecule has 0 radical (unpaired) electrons. The first kappa shape index (κ1) is 10.6. The molecule has 74 valence electrons. The van der Waals surface area contributed by atoms with Crippen LogP contribution in [0.4, 0.5) is 13.2 Å². The van der Waals surface area contributed by atoms with Crippen LogP contribution in [0.5, 0.6) is 0 Å². The van der Waals surface area contributed by atoms with Gasteiger partial charge in [0.05, 0.1) is 0 Å². The summed E-state index contributed by atoms with van der Waals surface area (Å²) in [6, 6.07) is 0. The third-order valence-corrected chi connectivity index (χ3v) is 2.33. The Morgan fingerprint density at radius 3 is 2.54 bits per heavy atom. The van der Waals surface area contributed by atoms with Crippen molar-refractivity contribution in [1.29, 1.82) is 0 Å². The minimum Gasteiger partial charge on any atom is -0.280 e. The predicted octanol–water partition coefficient (Wildman–Crippen LogP) is 3.30. The van der Waals surface area contributed by atoms with Crippen LogP contribution in [0.3, 0.4) is 0 Å². The molecule has 0 saturated heterocycles. The van der Waals surface area contributed by atoms with E-state index in [1.807, 2.05) is 0 Å². The maximum absolute atomic E-state index is 12.3. The summed E-state index contributed by atoms with van der Waals surface area (Å²) in [6.45, 7) is 1.56. The number of rotatable bonds is 0. The van der Waals surface area contributed by atoms with Gasteiger partial charge in [-0.1, -0.05) is 11.6 Å². The summed E-state index contributed by atoms with van der Waals surface area (Å²) < 4.78 is 37.0. The van der Waals surface area contributed by atoms with Crippen LogP contribution in [0.2, 0.25) is 0 Å². The molecule has 0 N–H and O–H groups in total. The zero-order chi connectivity index (χ0) is 10.1. The molecule has 13 heavy (non-hydrogen) atoms. The molecule has 5 heteroatoms. The Morgan fingerprint density at radius 2 is 2.00 bits per heavy atom. The summed E-state index contributed by atoms with van der Waals surface area (Å²) in [5.41, 5.74) is -0.762. The summed E-state index contributed by atoms with van der Waals surface area (Å²) in [6.07, 6.45) is -3.32.